The number of anilines is 2. The van der Waals surface area contributed by atoms with Crippen LogP contribution >= 0.6 is 11.6 Å². The van der Waals surface area contributed by atoms with Crippen molar-refractivity contribution >= 4 is 35.2 Å². The Morgan fingerprint density at radius 2 is 2.00 bits per heavy atom. The zero-order valence-electron chi connectivity index (χ0n) is 13.7. The van der Waals surface area contributed by atoms with E-state index in [0.717, 1.165) is 0 Å². The Hall–Kier alpha value is -2.34. The van der Waals surface area contributed by atoms with Crippen LogP contribution in [0.25, 0.3) is 0 Å². The number of carbonyl (C=O) groups excluding carboxylic acids is 1. The van der Waals surface area contributed by atoms with Crippen LogP contribution < -0.4 is 10.6 Å². The lowest BCUT2D eigenvalue weighted by atomic mass is 10.2. The number of halogens is 4. The third-order valence-electron chi connectivity index (χ3n) is 3.12. The molecule has 1 aromatic heterocycles. The molecule has 1 aromatic rings. The van der Waals surface area contributed by atoms with Gasteiger partial charge in [0.05, 0.1) is 26.4 Å². The molecule has 0 aromatic carbocycles. The third-order valence-corrected chi connectivity index (χ3v) is 3.38. The van der Waals surface area contributed by atoms with E-state index < -0.39 is 18.1 Å². The van der Waals surface area contributed by atoms with Gasteiger partial charge in [0, 0.05) is 6.54 Å². The number of alkyl halides is 3. The molecule has 2 rings (SSSR count). The van der Waals surface area contributed by atoms with Crippen molar-refractivity contribution in [3.8, 4) is 0 Å². The molecule has 0 amide bonds. The summed E-state index contributed by atoms with van der Waals surface area (Å²) in [5.41, 5.74) is 5.66. The van der Waals surface area contributed by atoms with Gasteiger partial charge in [0.15, 0.2) is 22.5 Å². The molecule has 1 saturated heterocycles. The standard InChI is InChI=1S/C11H15ClN4O3.C2HF3O2/c1-6-5-19-4-3-16(6)10-8(12)14-7(9(13)15-10)11(17)18-2;3-2(4,5)1(6)7/h6H,3-5H2,1-2H3,(H2,13,15);(H,6,7)/t6-;/m1./s1. The first-order chi connectivity index (χ1) is 12.0. The molecule has 0 unspecified atom stereocenters. The molecule has 0 saturated carbocycles. The number of nitrogens with zero attached hydrogens (tertiary/aromatic N) is 3. The van der Waals surface area contributed by atoms with Crippen molar-refractivity contribution in [3.05, 3.63) is 10.8 Å². The number of carboxylic acids is 1. The van der Waals surface area contributed by atoms with Crippen molar-refractivity contribution in [2.45, 2.75) is 19.1 Å². The van der Waals surface area contributed by atoms with Crippen molar-refractivity contribution in [1.29, 1.82) is 0 Å². The molecule has 9 nitrogen and oxygen atoms in total. The minimum Gasteiger partial charge on any atom is -0.475 e. The molecule has 1 aliphatic rings. The summed E-state index contributed by atoms with van der Waals surface area (Å²) < 4.78 is 41.6. The lowest BCUT2D eigenvalue weighted by molar-refractivity contribution is -0.192. The van der Waals surface area contributed by atoms with Crippen LogP contribution in [-0.2, 0) is 14.3 Å². The molecule has 2 heterocycles. The topological polar surface area (TPSA) is 128 Å². The smallest absolute Gasteiger partial charge is 0.475 e. The average Bonchev–Trinajstić information content (AvgIpc) is 2.56. The highest BCUT2D eigenvalue weighted by Crippen LogP contribution is 2.27. The molecule has 3 N–H and O–H groups in total. The quantitative estimate of drug-likeness (QED) is 0.707. The van der Waals surface area contributed by atoms with E-state index in [9.17, 15) is 18.0 Å². The summed E-state index contributed by atoms with van der Waals surface area (Å²) in [5, 5.41) is 7.25. The van der Waals surface area contributed by atoms with Crippen molar-refractivity contribution in [2.24, 2.45) is 0 Å². The zero-order chi connectivity index (χ0) is 20.1. The summed E-state index contributed by atoms with van der Waals surface area (Å²) in [7, 11) is 1.25. The highest BCUT2D eigenvalue weighted by Gasteiger charge is 2.38. The van der Waals surface area contributed by atoms with Gasteiger partial charge in [-0.1, -0.05) is 11.6 Å². The molecular formula is C13H16ClF3N4O5. The number of aromatic nitrogens is 2. The minimum absolute atomic E-state index is 0.00458. The number of morpholine rings is 1. The van der Waals surface area contributed by atoms with E-state index in [4.69, 9.17) is 32.0 Å². The number of aliphatic carboxylic acids is 1. The van der Waals surface area contributed by atoms with Crippen LogP contribution in [0.1, 0.15) is 17.4 Å². The van der Waals surface area contributed by atoms with Gasteiger partial charge in [0.1, 0.15) is 0 Å². The molecule has 0 radical (unpaired) electrons. The van der Waals surface area contributed by atoms with Crippen LogP contribution in [0.15, 0.2) is 0 Å². The lowest BCUT2D eigenvalue weighted by Crippen LogP contribution is -2.44. The fourth-order valence-corrected chi connectivity index (χ4v) is 2.13. The Kier molecular flexibility index (Phi) is 7.39. The lowest BCUT2D eigenvalue weighted by Gasteiger charge is -2.34. The van der Waals surface area contributed by atoms with E-state index in [1.807, 2.05) is 11.8 Å². The first-order valence-electron chi connectivity index (χ1n) is 7.04. The average molecular weight is 401 g/mol. The maximum atomic E-state index is 11.4. The Labute approximate surface area is 150 Å². The van der Waals surface area contributed by atoms with Crippen LogP contribution in [0.2, 0.25) is 5.15 Å². The molecule has 1 aliphatic heterocycles. The van der Waals surface area contributed by atoms with Gasteiger partial charge >= 0.3 is 18.1 Å². The number of carboxylic acid groups (broad SMARTS) is 1. The second-order valence-corrected chi connectivity index (χ2v) is 5.34. The van der Waals surface area contributed by atoms with E-state index >= 15 is 0 Å². The second-order valence-electron chi connectivity index (χ2n) is 4.98. The number of rotatable bonds is 2. The van der Waals surface area contributed by atoms with Crippen LogP contribution in [0, 0.1) is 0 Å². The number of nitrogens with two attached hydrogens (primary N) is 1. The van der Waals surface area contributed by atoms with Gasteiger partial charge in [-0.25, -0.2) is 19.6 Å². The largest absolute Gasteiger partial charge is 0.490 e. The zero-order valence-corrected chi connectivity index (χ0v) is 14.5. The Balaban J connectivity index is 0.000000412. The van der Waals surface area contributed by atoms with Gasteiger partial charge in [-0.2, -0.15) is 13.2 Å². The molecule has 26 heavy (non-hydrogen) atoms. The van der Waals surface area contributed by atoms with Gasteiger partial charge in [-0.05, 0) is 6.92 Å². The molecule has 0 bridgehead atoms. The number of hydrogen-bond acceptors (Lipinski definition) is 8. The van der Waals surface area contributed by atoms with Crippen LogP contribution in [0.5, 0.6) is 0 Å². The molecule has 0 spiro atoms. The number of carbonyl (C=O) groups is 2. The highest BCUT2D eigenvalue weighted by atomic mass is 35.5. The van der Waals surface area contributed by atoms with E-state index in [1.54, 1.807) is 0 Å². The number of nitrogen functional groups attached to an aromatic ring is 1. The van der Waals surface area contributed by atoms with Crippen molar-refractivity contribution in [3.63, 3.8) is 0 Å². The fourth-order valence-electron chi connectivity index (χ4n) is 1.89. The van der Waals surface area contributed by atoms with Gasteiger partial charge < -0.3 is 25.2 Å². The van der Waals surface area contributed by atoms with E-state index in [0.29, 0.717) is 25.6 Å². The Morgan fingerprint density at radius 1 is 1.42 bits per heavy atom. The van der Waals surface area contributed by atoms with E-state index in [1.165, 1.54) is 7.11 Å². The van der Waals surface area contributed by atoms with Gasteiger partial charge in [0.25, 0.3) is 0 Å². The first kappa shape index (κ1) is 21.7. The Bertz CT molecular complexity index is 674. The van der Waals surface area contributed by atoms with Crippen molar-refractivity contribution in [1.82, 2.24) is 9.97 Å². The number of methoxy groups -OCH3 is 1. The summed E-state index contributed by atoms with van der Waals surface area (Å²) in [6, 6.07) is 0.115. The second kappa shape index (κ2) is 8.85. The summed E-state index contributed by atoms with van der Waals surface area (Å²) in [6.07, 6.45) is -5.08. The maximum Gasteiger partial charge on any atom is 0.490 e. The van der Waals surface area contributed by atoms with Crippen molar-refractivity contribution < 1.29 is 37.3 Å². The summed E-state index contributed by atoms with van der Waals surface area (Å²) >= 11 is 6.08. The molecule has 1 atom stereocenters. The number of esters is 1. The molecular weight excluding hydrogens is 385 g/mol. The predicted molar refractivity (Wildman–Crippen MR) is 84.1 cm³/mol. The Morgan fingerprint density at radius 3 is 2.46 bits per heavy atom. The number of ether oxygens (including phenoxy) is 2. The monoisotopic (exact) mass is 400 g/mol. The predicted octanol–water partition coefficient (Wildman–Crippen LogP) is 1.36. The van der Waals surface area contributed by atoms with E-state index in [2.05, 4.69) is 14.7 Å². The molecule has 1 fully saturated rings. The van der Waals surface area contributed by atoms with Crippen LogP contribution in [0.3, 0.4) is 0 Å². The summed E-state index contributed by atoms with van der Waals surface area (Å²) in [6.45, 7) is 3.80. The van der Waals surface area contributed by atoms with Crippen molar-refractivity contribution in [2.75, 3.05) is 37.5 Å². The van der Waals surface area contributed by atoms with Crippen LogP contribution in [-0.4, -0.2) is 66.1 Å². The summed E-state index contributed by atoms with van der Waals surface area (Å²) in [5.74, 6) is -2.95. The third kappa shape index (κ3) is 5.59. The molecule has 146 valence electrons. The molecule has 13 heteroatoms. The first-order valence-corrected chi connectivity index (χ1v) is 7.42. The minimum atomic E-state index is -5.08. The summed E-state index contributed by atoms with van der Waals surface area (Å²) in [4.78, 5) is 30.4. The van der Waals surface area contributed by atoms with Gasteiger partial charge in [0.2, 0.25) is 0 Å². The molecule has 0 aliphatic carbocycles. The maximum absolute atomic E-state index is 11.4. The normalized spacial score (nSPS) is 17.2. The van der Waals surface area contributed by atoms with Crippen LogP contribution in [0.4, 0.5) is 24.8 Å². The van der Waals surface area contributed by atoms with Gasteiger partial charge in [-0.15, -0.1) is 0 Å². The number of hydrogen-bond donors (Lipinski definition) is 2. The SMILES string of the molecule is COC(=O)c1nc(Cl)c(N2CCOC[C@H]2C)nc1N.O=C(O)C(F)(F)F. The van der Waals surface area contributed by atoms with E-state index in [-0.39, 0.29) is 22.7 Å². The fraction of sp³-hybridized carbons (Fsp3) is 0.538. The highest BCUT2D eigenvalue weighted by molar-refractivity contribution is 6.32. The van der Waals surface area contributed by atoms with Gasteiger partial charge in [-0.3, -0.25) is 0 Å².